The topological polar surface area (TPSA) is 65.1 Å². The van der Waals surface area contributed by atoms with E-state index in [1.165, 1.54) is 14.2 Å². The molecule has 3 rings (SSSR count). The number of benzene rings is 2. The second-order valence-corrected chi connectivity index (χ2v) is 7.34. The standard InChI is InChI=1S/C23H25NO5/c1-23(2)18-8-6-7-9-19(18)24(3)21(23)12-15(25)14-29-22(26)17-11-10-16(27-4)13-20(17)28-5/h6-13H,14H2,1-5H3. The molecular weight excluding hydrogens is 370 g/mol. The number of ketones is 1. The number of nitrogens with zero attached hydrogens (tertiary/aromatic N) is 1. The number of rotatable bonds is 6. The fourth-order valence-corrected chi connectivity index (χ4v) is 3.63. The third-order valence-electron chi connectivity index (χ3n) is 5.21. The number of fused-ring (bicyclic) bond motifs is 1. The van der Waals surface area contributed by atoms with Gasteiger partial charge in [0.1, 0.15) is 17.1 Å². The molecule has 6 nitrogen and oxygen atoms in total. The SMILES string of the molecule is COc1ccc(C(=O)OCC(=O)C=C2N(C)c3ccccc3C2(C)C)c(OC)c1. The highest BCUT2D eigenvalue weighted by Gasteiger charge is 2.38. The maximum atomic E-state index is 12.5. The van der Waals surface area contributed by atoms with Gasteiger partial charge in [-0.15, -0.1) is 0 Å². The first kappa shape index (κ1) is 20.5. The van der Waals surface area contributed by atoms with Crippen LogP contribution in [0.4, 0.5) is 5.69 Å². The van der Waals surface area contributed by atoms with E-state index < -0.39 is 5.97 Å². The zero-order chi connectivity index (χ0) is 21.2. The van der Waals surface area contributed by atoms with E-state index in [-0.39, 0.29) is 23.4 Å². The predicted molar refractivity (Wildman–Crippen MR) is 111 cm³/mol. The van der Waals surface area contributed by atoms with E-state index in [0.29, 0.717) is 11.5 Å². The van der Waals surface area contributed by atoms with Crippen molar-refractivity contribution in [1.82, 2.24) is 0 Å². The molecule has 2 aromatic rings. The quantitative estimate of drug-likeness (QED) is 0.548. The van der Waals surface area contributed by atoms with Gasteiger partial charge >= 0.3 is 5.97 Å². The number of hydrogen-bond donors (Lipinski definition) is 0. The molecule has 0 spiro atoms. The van der Waals surface area contributed by atoms with Crippen LogP contribution < -0.4 is 14.4 Å². The Hall–Kier alpha value is -3.28. The average molecular weight is 395 g/mol. The van der Waals surface area contributed by atoms with Gasteiger partial charge in [0.2, 0.25) is 0 Å². The van der Waals surface area contributed by atoms with E-state index in [1.807, 2.05) is 30.1 Å². The summed E-state index contributed by atoms with van der Waals surface area (Å²) >= 11 is 0. The third-order valence-corrected chi connectivity index (χ3v) is 5.21. The van der Waals surface area contributed by atoms with Gasteiger partial charge in [-0.2, -0.15) is 0 Å². The smallest absolute Gasteiger partial charge is 0.342 e. The Balaban J connectivity index is 1.73. The van der Waals surface area contributed by atoms with Gasteiger partial charge in [0, 0.05) is 36.0 Å². The van der Waals surface area contributed by atoms with Crippen molar-refractivity contribution in [1.29, 1.82) is 0 Å². The Morgan fingerprint density at radius 3 is 2.45 bits per heavy atom. The Morgan fingerprint density at radius 1 is 1.07 bits per heavy atom. The highest BCUT2D eigenvalue weighted by molar-refractivity contribution is 5.97. The normalized spacial score (nSPS) is 15.8. The van der Waals surface area contributed by atoms with Gasteiger partial charge in [-0.1, -0.05) is 32.0 Å². The lowest BCUT2D eigenvalue weighted by molar-refractivity contribution is -0.117. The number of likely N-dealkylation sites (N-methyl/N-ethyl adjacent to an activating group) is 1. The van der Waals surface area contributed by atoms with Crippen LogP contribution in [0, 0.1) is 0 Å². The molecule has 0 N–H and O–H groups in total. The average Bonchev–Trinajstić information content (AvgIpc) is 2.92. The molecule has 1 heterocycles. The van der Waals surface area contributed by atoms with Crippen LogP contribution in [0.3, 0.4) is 0 Å². The van der Waals surface area contributed by atoms with E-state index >= 15 is 0 Å². The molecule has 1 aliphatic heterocycles. The summed E-state index contributed by atoms with van der Waals surface area (Å²) < 4.78 is 15.6. The molecule has 152 valence electrons. The lowest BCUT2D eigenvalue weighted by Gasteiger charge is -2.23. The van der Waals surface area contributed by atoms with Gasteiger partial charge in [-0.25, -0.2) is 4.79 Å². The molecule has 1 aliphatic rings. The molecule has 0 radical (unpaired) electrons. The molecule has 0 fully saturated rings. The predicted octanol–water partition coefficient (Wildman–Crippen LogP) is 3.74. The van der Waals surface area contributed by atoms with Crippen LogP contribution in [-0.4, -0.2) is 39.6 Å². The lowest BCUT2D eigenvalue weighted by atomic mass is 9.83. The molecule has 0 saturated carbocycles. The highest BCUT2D eigenvalue weighted by Crippen LogP contribution is 2.46. The molecule has 6 heteroatoms. The van der Waals surface area contributed by atoms with Gasteiger partial charge in [0.25, 0.3) is 0 Å². The summed E-state index contributed by atoms with van der Waals surface area (Å²) in [4.78, 5) is 27.0. The minimum Gasteiger partial charge on any atom is -0.497 e. The van der Waals surface area contributed by atoms with Crippen molar-refractivity contribution in [2.45, 2.75) is 19.3 Å². The summed E-state index contributed by atoms with van der Waals surface area (Å²) in [5, 5.41) is 0. The Labute approximate surface area is 170 Å². The number of methoxy groups -OCH3 is 2. The minimum atomic E-state index is -0.626. The molecule has 29 heavy (non-hydrogen) atoms. The Morgan fingerprint density at radius 2 is 1.79 bits per heavy atom. The number of allylic oxidation sites excluding steroid dienone is 1. The molecule has 0 aliphatic carbocycles. The zero-order valence-corrected chi connectivity index (χ0v) is 17.3. The molecule has 0 atom stereocenters. The summed E-state index contributed by atoms with van der Waals surface area (Å²) in [6.07, 6.45) is 1.55. The third kappa shape index (κ3) is 3.83. The molecule has 0 amide bonds. The van der Waals surface area contributed by atoms with Crippen molar-refractivity contribution in [2.24, 2.45) is 0 Å². The van der Waals surface area contributed by atoms with Gasteiger partial charge in [0.05, 0.1) is 14.2 Å². The van der Waals surface area contributed by atoms with E-state index in [4.69, 9.17) is 14.2 Å². The lowest BCUT2D eigenvalue weighted by Crippen LogP contribution is -2.25. The van der Waals surface area contributed by atoms with Crippen LogP contribution >= 0.6 is 0 Å². The second kappa shape index (κ2) is 7.99. The van der Waals surface area contributed by atoms with Crippen molar-refractivity contribution >= 4 is 17.4 Å². The fourth-order valence-electron chi connectivity index (χ4n) is 3.63. The first-order valence-corrected chi connectivity index (χ1v) is 9.27. The summed E-state index contributed by atoms with van der Waals surface area (Å²) in [5.41, 5.74) is 3.00. The highest BCUT2D eigenvalue weighted by atomic mass is 16.5. The Bertz CT molecular complexity index is 977. The van der Waals surface area contributed by atoms with Crippen LogP contribution in [-0.2, 0) is 14.9 Å². The summed E-state index contributed by atoms with van der Waals surface area (Å²) in [5.74, 6) is -0.0234. The summed E-state index contributed by atoms with van der Waals surface area (Å²) in [7, 11) is 4.91. The molecule has 0 saturated heterocycles. The molecule has 2 aromatic carbocycles. The van der Waals surface area contributed by atoms with Crippen LogP contribution in [0.25, 0.3) is 0 Å². The van der Waals surface area contributed by atoms with Crippen molar-refractivity contribution in [2.75, 3.05) is 32.8 Å². The molecule has 0 bridgehead atoms. The monoisotopic (exact) mass is 395 g/mol. The fraction of sp³-hybridized carbons (Fsp3) is 0.304. The maximum absolute atomic E-state index is 12.5. The number of ether oxygens (including phenoxy) is 3. The van der Waals surface area contributed by atoms with Crippen LogP contribution in [0.15, 0.2) is 54.2 Å². The molecule has 0 unspecified atom stereocenters. The van der Waals surface area contributed by atoms with Gasteiger partial charge in [-0.05, 0) is 23.8 Å². The maximum Gasteiger partial charge on any atom is 0.342 e. The van der Waals surface area contributed by atoms with Crippen LogP contribution in [0.5, 0.6) is 11.5 Å². The molecular formula is C23H25NO5. The van der Waals surface area contributed by atoms with Gasteiger partial charge in [0.15, 0.2) is 12.4 Å². The van der Waals surface area contributed by atoms with E-state index in [1.54, 1.807) is 24.3 Å². The number of anilines is 1. The van der Waals surface area contributed by atoms with E-state index in [0.717, 1.165) is 16.9 Å². The van der Waals surface area contributed by atoms with Gasteiger partial charge in [-0.3, -0.25) is 4.79 Å². The van der Waals surface area contributed by atoms with E-state index in [9.17, 15) is 9.59 Å². The number of para-hydroxylation sites is 1. The van der Waals surface area contributed by atoms with Crippen molar-refractivity contribution in [3.05, 3.63) is 65.4 Å². The first-order valence-electron chi connectivity index (χ1n) is 9.27. The van der Waals surface area contributed by atoms with Crippen molar-refractivity contribution in [3.63, 3.8) is 0 Å². The largest absolute Gasteiger partial charge is 0.497 e. The Kier molecular flexibility index (Phi) is 5.64. The van der Waals surface area contributed by atoms with Gasteiger partial charge < -0.3 is 19.1 Å². The van der Waals surface area contributed by atoms with Crippen molar-refractivity contribution < 1.29 is 23.8 Å². The number of hydrogen-bond acceptors (Lipinski definition) is 6. The van der Waals surface area contributed by atoms with Crippen LogP contribution in [0.2, 0.25) is 0 Å². The minimum absolute atomic E-state index is 0.236. The zero-order valence-electron chi connectivity index (χ0n) is 17.3. The number of carbonyl (C=O) groups is 2. The van der Waals surface area contributed by atoms with Crippen molar-refractivity contribution in [3.8, 4) is 11.5 Å². The number of carbonyl (C=O) groups excluding carboxylic acids is 2. The first-order chi connectivity index (χ1) is 13.8. The van der Waals surface area contributed by atoms with Crippen LogP contribution in [0.1, 0.15) is 29.8 Å². The summed E-state index contributed by atoms with van der Waals surface area (Å²) in [6.45, 7) is 3.79. The van der Waals surface area contributed by atoms with E-state index in [2.05, 4.69) is 19.9 Å². The number of esters is 1. The summed E-state index contributed by atoms with van der Waals surface area (Å²) in [6, 6.07) is 12.8. The molecule has 0 aromatic heterocycles. The second-order valence-electron chi connectivity index (χ2n) is 7.34.